The molecule has 0 spiro atoms. The van der Waals surface area contributed by atoms with E-state index in [1.54, 1.807) is 37.3 Å². The quantitative estimate of drug-likeness (QED) is 0.804. The molecule has 3 rings (SSSR count). The van der Waals surface area contributed by atoms with Crippen molar-refractivity contribution in [2.75, 3.05) is 5.32 Å². The molecule has 116 valence electrons. The van der Waals surface area contributed by atoms with Gasteiger partial charge in [-0.15, -0.1) is 0 Å². The summed E-state index contributed by atoms with van der Waals surface area (Å²) in [5, 5.41) is 3.34. The van der Waals surface area contributed by atoms with Crippen molar-refractivity contribution in [3.63, 3.8) is 0 Å². The van der Waals surface area contributed by atoms with E-state index in [1.165, 1.54) is 4.57 Å². The van der Waals surface area contributed by atoms with Crippen LogP contribution in [-0.2, 0) is 11.3 Å². The number of nitrogens with zero attached hydrogens (tertiary/aromatic N) is 2. The molecule has 3 aromatic rings. The molecule has 0 aliphatic rings. The van der Waals surface area contributed by atoms with Crippen LogP contribution in [0.25, 0.3) is 11.0 Å². The van der Waals surface area contributed by atoms with E-state index in [0.29, 0.717) is 27.4 Å². The zero-order valence-electron chi connectivity index (χ0n) is 12.4. The molecule has 0 saturated carbocycles. The Kier molecular flexibility index (Phi) is 4.12. The molecule has 1 aromatic heterocycles. The minimum atomic E-state index is -0.287. The fourth-order valence-corrected chi connectivity index (χ4v) is 2.48. The van der Waals surface area contributed by atoms with E-state index < -0.39 is 0 Å². The first-order valence-corrected chi connectivity index (χ1v) is 7.44. The molecule has 0 aliphatic heterocycles. The fraction of sp³-hybridized carbons (Fsp3) is 0.118. The van der Waals surface area contributed by atoms with E-state index in [0.717, 1.165) is 0 Å². The van der Waals surface area contributed by atoms with Gasteiger partial charge in [-0.3, -0.25) is 14.2 Å². The number of amides is 1. The molecule has 2 aromatic carbocycles. The Labute approximate surface area is 137 Å². The number of hydrogen-bond acceptors (Lipinski definition) is 3. The lowest BCUT2D eigenvalue weighted by molar-refractivity contribution is -0.116. The average molecular weight is 328 g/mol. The third kappa shape index (κ3) is 3.24. The number of hydrogen-bond donors (Lipinski definition) is 1. The summed E-state index contributed by atoms with van der Waals surface area (Å²) < 4.78 is 1.43. The molecule has 1 heterocycles. The number of para-hydroxylation sites is 2. The van der Waals surface area contributed by atoms with E-state index in [2.05, 4.69) is 10.3 Å². The lowest BCUT2D eigenvalue weighted by Crippen LogP contribution is -2.30. The number of carbonyl (C=O) groups excluding carboxylic acids is 1. The number of anilines is 1. The zero-order chi connectivity index (χ0) is 16.4. The maximum atomic E-state index is 12.3. The van der Waals surface area contributed by atoms with Crippen LogP contribution in [0.1, 0.15) is 5.69 Å². The summed E-state index contributed by atoms with van der Waals surface area (Å²) >= 11 is 5.82. The average Bonchev–Trinajstić information content (AvgIpc) is 2.54. The largest absolute Gasteiger partial charge is 0.325 e. The smallest absolute Gasteiger partial charge is 0.272 e. The predicted molar refractivity (Wildman–Crippen MR) is 90.8 cm³/mol. The van der Waals surface area contributed by atoms with Crippen molar-refractivity contribution in [3.05, 3.63) is 69.6 Å². The first-order valence-electron chi connectivity index (χ1n) is 7.06. The Balaban J connectivity index is 1.91. The normalized spacial score (nSPS) is 10.7. The molecule has 0 unspecified atom stereocenters. The highest BCUT2D eigenvalue weighted by Gasteiger charge is 2.11. The zero-order valence-corrected chi connectivity index (χ0v) is 13.2. The summed E-state index contributed by atoms with van der Waals surface area (Å²) in [5.41, 5.74) is 2.04. The van der Waals surface area contributed by atoms with Crippen molar-refractivity contribution in [2.24, 2.45) is 0 Å². The number of carbonyl (C=O) groups is 1. The van der Waals surface area contributed by atoms with Crippen molar-refractivity contribution in [2.45, 2.75) is 13.5 Å². The molecule has 0 radical (unpaired) electrons. The van der Waals surface area contributed by atoms with Gasteiger partial charge in [0.25, 0.3) is 5.56 Å². The molecular weight excluding hydrogens is 314 g/mol. The fourth-order valence-electron chi connectivity index (χ4n) is 2.35. The Hall–Kier alpha value is -2.66. The molecule has 5 nitrogen and oxygen atoms in total. The van der Waals surface area contributed by atoms with Gasteiger partial charge in [0.15, 0.2) is 0 Å². The second-order valence-corrected chi connectivity index (χ2v) is 5.57. The van der Waals surface area contributed by atoms with Gasteiger partial charge in [0, 0.05) is 10.7 Å². The van der Waals surface area contributed by atoms with E-state index in [1.807, 2.05) is 18.2 Å². The number of halogens is 1. The van der Waals surface area contributed by atoms with Crippen LogP contribution in [0.5, 0.6) is 0 Å². The molecule has 0 saturated heterocycles. The molecule has 0 fully saturated rings. The van der Waals surface area contributed by atoms with Crippen LogP contribution in [0.2, 0.25) is 5.02 Å². The highest BCUT2D eigenvalue weighted by molar-refractivity contribution is 6.30. The number of fused-ring (bicyclic) bond motifs is 1. The molecular formula is C17H14ClN3O2. The monoisotopic (exact) mass is 327 g/mol. The van der Waals surface area contributed by atoms with Gasteiger partial charge >= 0.3 is 0 Å². The van der Waals surface area contributed by atoms with Gasteiger partial charge in [0.1, 0.15) is 12.2 Å². The topological polar surface area (TPSA) is 64.0 Å². The van der Waals surface area contributed by atoms with Gasteiger partial charge in [0.05, 0.1) is 11.0 Å². The Morgan fingerprint density at radius 1 is 1.17 bits per heavy atom. The van der Waals surface area contributed by atoms with Crippen molar-refractivity contribution < 1.29 is 4.79 Å². The predicted octanol–water partition coefficient (Wildman–Crippen LogP) is 3.00. The standard InChI is InChI=1S/C17H14ClN3O2/c1-11-17(23)21(15-5-3-2-4-14(15)19-11)10-16(22)20-13-8-6-12(18)7-9-13/h2-9H,10H2,1H3,(H,20,22). The molecule has 0 bridgehead atoms. The van der Waals surface area contributed by atoms with Crippen LogP contribution in [0.15, 0.2) is 53.3 Å². The lowest BCUT2D eigenvalue weighted by atomic mass is 10.2. The second kappa shape index (κ2) is 6.22. The van der Waals surface area contributed by atoms with Gasteiger partial charge in [-0.2, -0.15) is 0 Å². The lowest BCUT2D eigenvalue weighted by Gasteiger charge is -2.11. The molecule has 23 heavy (non-hydrogen) atoms. The highest BCUT2D eigenvalue weighted by Crippen LogP contribution is 2.14. The number of rotatable bonds is 3. The Morgan fingerprint density at radius 3 is 2.61 bits per heavy atom. The molecule has 0 atom stereocenters. The molecule has 1 amide bonds. The maximum absolute atomic E-state index is 12.3. The van der Waals surface area contributed by atoms with Crippen LogP contribution >= 0.6 is 11.6 Å². The van der Waals surface area contributed by atoms with Crippen molar-refractivity contribution in [3.8, 4) is 0 Å². The van der Waals surface area contributed by atoms with Gasteiger partial charge in [-0.05, 0) is 43.3 Å². The van der Waals surface area contributed by atoms with Crippen LogP contribution in [0.4, 0.5) is 5.69 Å². The number of aromatic nitrogens is 2. The van der Waals surface area contributed by atoms with Gasteiger partial charge in [-0.25, -0.2) is 4.98 Å². The number of nitrogens with one attached hydrogen (secondary N) is 1. The maximum Gasteiger partial charge on any atom is 0.272 e. The van der Waals surface area contributed by atoms with Crippen LogP contribution < -0.4 is 10.9 Å². The van der Waals surface area contributed by atoms with Crippen molar-refractivity contribution in [1.29, 1.82) is 0 Å². The molecule has 6 heteroatoms. The number of benzene rings is 2. The summed E-state index contributed by atoms with van der Waals surface area (Å²) in [6, 6.07) is 14.0. The third-order valence-electron chi connectivity index (χ3n) is 3.45. The van der Waals surface area contributed by atoms with E-state index in [4.69, 9.17) is 11.6 Å². The van der Waals surface area contributed by atoms with Gasteiger partial charge in [0.2, 0.25) is 5.91 Å². The Bertz CT molecular complexity index is 933. The first kappa shape index (κ1) is 15.2. The summed E-state index contributed by atoms with van der Waals surface area (Å²) in [6.07, 6.45) is 0. The molecule has 1 N–H and O–H groups in total. The highest BCUT2D eigenvalue weighted by atomic mass is 35.5. The minimum Gasteiger partial charge on any atom is -0.325 e. The summed E-state index contributed by atoms with van der Waals surface area (Å²) in [6.45, 7) is 1.56. The van der Waals surface area contributed by atoms with E-state index in [-0.39, 0.29) is 18.0 Å². The molecule has 0 aliphatic carbocycles. The van der Waals surface area contributed by atoms with E-state index >= 15 is 0 Å². The summed E-state index contributed by atoms with van der Waals surface area (Å²) in [7, 11) is 0. The van der Waals surface area contributed by atoms with Crippen molar-refractivity contribution in [1.82, 2.24) is 9.55 Å². The third-order valence-corrected chi connectivity index (χ3v) is 3.70. The first-order chi connectivity index (χ1) is 11.0. The second-order valence-electron chi connectivity index (χ2n) is 5.13. The van der Waals surface area contributed by atoms with Crippen molar-refractivity contribution >= 4 is 34.2 Å². The van der Waals surface area contributed by atoms with Gasteiger partial charge in [-0.1, -0.05) is 23.7 Å². The van der Waals surface area contributed by atoms with Crippen LogP contribution in [-0.4, -0.2) is 15.5 Å². The summed E-state index contributed by atoms with van der Waals surface area (Å²) in [5.74, 6) is -0.287. The van der Waals surface area contributed by atoms with Crippen LogP contribution in [0.3, 0.4) is 0 Å². The SMILES string of the molecule is Cc1nc2ccccc2n(CC(=O)Nc2ccc(Cl)cc2)c1=O. The van der Waals surface area contributed by atoms with Crippen LogP contribution in [0, 0.1) is 6.92 Å². The Morgan fingerprint density at radius 2 is 1.87 bits per heavy atom. The van der Waals surface area contributed by atoms with E-state index in [9.17, 15) is 9.59 Å². The summed E-state index contributed by atoms with van der Waals surface area (Å²) in [4.78, 5) is 28.8. The van der Waals surface area contributed by atoms with Gasteiger partial charge < -0.3 is 5.32 Å². The number of aryl methyl sites for hydroxylation is 1. The minimum absolute atomic E-state index is 0.0780.